The van der Waals surface area contributed by atoms with Crippen molar-refractivity contribution in [3.8, 4) is 5.88 Å². The molecule has 0 aliphatic carbocycles. The first-order chi connectivity index (χ1) is 10.8. The Kier molecular flexibility index (Phi) is 7.21. The summed E-state index contributed by atoms with van der Waals surface area (Å²) >= 11 is 0. The van der Waals surface area contributed by atoms with E-state index in [4.69, 9.17) is 4.74 Å². The Labute approximate surface area is 131 Å². The highest BCUT2D eigenvalue weighted by atomic mass is 19.3. The molecule has 1 aromatic rings. The van der Waals surface area contributed by atoms with Gasteiger partial charge in [-0.2, -0.15) is 8.78 Å². The van der Waals surface area contributed by atoms with Gasteiger partial charge in [-0.15, -0.1) is 0 Å². The third-order valence-electron chi connectivity index (χ3n) is 2.93. The Balaban J connectivity index is 2.60. The molecule has 1 atom stereocenters. The largest absolute Gasteiger partial charge is 0.471 e. The van der Waals surface area contributed by atoms with E-state index in [1.165, 1.54) is 13.2 Å². The van der Waals surface area contributed by atoms with Crippen LogP contribution >= 0.6 is 0 Å². The molecule has 0 aliphatic heterocycles. The van der Waals surface area contributed by atoms with Gasteiger partial charge >= 0.3 is 12.3 Å². The molecular weight excluding hydrogens is 320 g/mol. The van der Waals surface area contributed by atoms with Gasteiger partial charge in [-0.1, -0.05) is 6.92 Å². The standard InChI is InChI=1S/C14H18F4N2O3/c1-3-10(7-22-2)20-12(21)9-4-5-11(19-6-9)23-8-14(17,18)13(15)16/h4-6,10,13H,3,7-8H2,1-2H3,(H,20,21). The molecular formula is C14H18F4N2O3. The number of methoxy groups -OCH3 is 1. The lowest BCUT2D eigenvalue weighted by Crippen LogP contribution is -2.37. The monoisotopic (exact) mass is 338 g/mol. The van der Waals surface area contributed by atoms with Crippen LogP contribution in [0, 0.1) is 0 Å². The van der Waals surface area contributed by atoms with Gasteiger partial charge in [-0.3, -0.25) is 4.79 Å². The molecule has 0 bridgehead atoms. The maximum atomic E-state index is 12.7. The summed E-state index contributed by atoms with van der Waals surface area (Å²) in [6, 6.07) is 2.29. The van der Waals surface area contributed by atoms with E-state index in [-0.39, 0.29) is 17.5 Å². The normalized spacial score (nSPS) is 13.0. The molecule has 0 radical (unpaired) electrons. The Bertz CT molecular complexity index is 497. The molecule has 0 aromatic carbocycles. The van der Waals surface area contributed by atoms with E-state index in [1.807, 2.05) is 6.92 Å². The fraction of sp³-hybridized carbons (Fsp3) is 0.571. The molecule has 0 spiro atoms. The van der Waals surface area contributed by atoms with Crippen molar-refractivity contribution in [3.63, 3.8) is 0 Å². The van der Waals surface area contributed by atoms with Crippen molar-refractivity contribution in [2.24, 2.45) is 0 Å². The molecule has 1 rings (SSSR count). The van der Waals surface area contributed by atoms with Crippen molar-refractivity contribution in [1.82, 2.24) is 10.3 Å². The van der Waals surface area contributed by atoms with E-state index in [9.17, 15) is 22.4 Å². The van der Waals surface area contributed by atoms with Crippen LogP contribution < -0.4 is 10.1 Å². The van der Waals surface area contributed by atoms with Crippen LogP contribution in [0.3, 0.4) is 0 Å². The number of ether oxygens (including phenoxy) is 2. The maximum absolute atomic E-state index is 12.7. The summed E-state index contributed by atoms with van der Waals surface area (Å²) in [5.41, 5.74) is 0.188. The number of nitrogens with one attached hydrogen (secondary N) is 1. The number of aromatic nitrogens is 1. The highest BCUT2D eigenvalue weighted by molar-refractivity contribution is 5.94. The second-order valence-corrected chi connectivity index (χ2v) is 4.77. The van der Waals surface area contributed by atoms with Gasteiger partial charge in [-0.05, 0) is 12.5 Å². The predicted molar refractivity (Wildman–Crippen MR) is 74.1 cm³/mol. The molecule has 5 nitrogen and oxygen atoms in total. The summed E-state index contributed by atoms with van der Waals surface area (Å²) in [5, 5.41) is 2.71. The molecule has 0 saturated heterocycles. The summed E-state index contributed by atoms with van der Waals surface area (Å²) in [7, 11) is 1.51. The summed E-state index contributed by atoms with van der Waals surface area (Å²) in [6.07, 6.45) is -2.04. The molecule has 0 fully saturated rings. The minimum atomic E-state index is -4.26. The van der Waals surface area contributed by atoms with E-state index >= 15 is 0 Å². The first-order valence-corrected chi connectivity index (χ1v) is 6.84. The van der Waals surface area contributed by atoms with E-state index in [0.29, 0.717) is 13.0 Å². The fourth-order valence-corrected chi connectivity index (χ4v) is 1.56. The van der Waals surface area contributed by atoms with Crippen LogP contribution in [0.1, 0.15) is 23.7 Å². The number of carbonyl (C=O) groups excluding carboxylic acids is 1. The highest BCUT2D eigenvalue weighted by Crippen LogP contribution is 2.23. The molecule has 1 unspecified atom stereocenters. The highest BCUT2D eigenvalue weighted by Gasteiger charge is 2.41. The summed E-state index contributed by atoms with van der Waals surface area (Å²) in [4.78, 5) is 15.6. The summed E-state index contributed by atoms with van der Waals surface area (Å²) < 4.78 is 58.9. The van der Waals surface area contributed by atoms with Gasteiger partial charge in [-0.25, -0.2) is 13.8 Å². The third-order valence-corrected chi connectivity index (χ3v) is 2.93. The average molecular weight is 338 g/mol. The van der Waals surface area contributed by atoms with Crippen molar-refractivity contribution in [3.05, 3.63) is 23.9 Å². The van der Waals surface area contributed by atoms with Gasteiger partial charge in [0, 0.05) is 19.4 Å². The predicted octanol–water partition coefficient (Wildman–Crippen LogP) is 2.52. The minimum absolute atomic E-state index is 0.173. The molecule has 1 aromatic heterocycles. The summed E-state index contributed by atoms with van der Waals surface area (Å²) in [5.74, 6) is -4.94. The zero-order chi connectivity index (χ0) is 17.5. The Morgan fingerprint density at radius 1 is 1.39 bits per heavy atom. The van der Waals surface area contributed by atoms with Crippen LogP contribution in [0.15, 0.2) is 18.3 Å². The molecule has 1 N–H and O–H groups in total. The van der Waals surface area contributed by atoms with Crippen molar-refractivity contribution in [1.29, 1.82) is 0 Å². The van der Waals surface area contributed by atoms with Crippen LogP contribution in [0.2, 0.25) is 0 Å². The molecule has 23 heavy (non-hydrogen) atoms. The molecule has 1 heterocycles. The smallest absolute Gasteiger partial charge is 0.340 e. The van der Waals surface area contributed by atoms with Gasteiger partial charge in [0.2, 0.25) is 5.88 Å². The van der Waals surface area contributed by atoms with Crippen LogP contribution in [0.5, 0.6) is 5.88 Å². The van der Waals surface area contributed by atoms with E-state index in [0.717, 1.165) is 12.3 Å². The van der Waals surface area contributed by atoms with Crippen LogP contribution in [-0.2, 0) is 4.74 Å². The van der Waals surface area contributed by atoms with Crippen molar-refractivity contribution >= 4 is 5.91 Å². The van der Waals surface area contributed by atoms with E-state index in [1.54, 1.807) is 0 Å². The molecule has 9 heteroatoms. The first kappa shape index (κ1) is 19.1. The number of pyridine rings is 1. The van der Waals surface area contributed by atoms with Crippen LogP contribution in [0.25, 0.3) is 0 Å². The number of amides is 1. The fourth-order valence-electron chi connectivity index (χ4n) is 1.56. The zero-order valence-corrected chi connectivity index (χ0v) is 12.7. The Morgan fingerprint density at radius 2 is 2.09 bits per heavy atom. The topological polar surface area (TPSA) is 60.5 Å². The molecule has 0 aliphatic rings. The lowest BCUT2D eigenvalue weighted by molar-refractivity contribution is -0.148. The number of alkyl halides is 4. The van der Waals surface area contributed by atoms with Gasteiger partial charge < -0.3 is 14.8 Å². The van der Waals surface area contributed by atoms with E-state index < -0.39 is 24.9 Å². The van der Waals surface area contributed by atoms with Gasteiger partial charge in [0.15, 0.2) is 6.61 Å². The first-order valence-electron chi connectivity index (χ1n) is 6.84. The summed E-state index contributed by atoms with van der Waals surface area (Å²) in [6.45, 7) is 0.733. The lowest BCUT2D eigenvalue weighted by atomic mass is 10.2. The number of hydrogen-bond donors (Lipinski definition) is 1. The van der Waals surface area contributed by atoms with Gasteiger partial charge in [0.1, 0.15) is 0 Å². The quantitative estimate of drug-likeness (QED) is 0.703. The third kappa shape index (κ3) is 6.01. The second-order valence-electron chi connectivity index (χ2n) is 4.77. The molecule has 130 valence electrons. The average Bonchev–Trinajstić information content (AvgIpc) is 2.52. The molecule has 1 amide bonds. The molecule has 0 saturated carbocycles. The number of hydrogen-bond acceptors (Lipinski definition) is 4. The van der Waals surface area contributed by atoms with Crippen LogP contribution in [-0.4, -0.2) is 49.6 Å². The number of nitrogens with zero attached hydrogens (tertiary/aromatic N) is 1. The number of rotatable bonds is 9. The van der Waals surface area contributed by atoms with Gasteiger partial charge in [0.05, 0.1) is 18.2 Å². The van der Waals surface area contributed by atoms with Crippen molar-refractivity contribution in [2.45, 2.75) is 31.7 Å². The second kappa shape index (κ2) is 8.66. The van der Waals surface area contributed by atoms with Crippen molar-refractivity contribution in [2.75, 3.05) is 20.3 Å². The van der Waals surface area contributed by atoms with E-state index in [2.05, 4.69) is 15.0 Å². The SMILES string of the molecule is CCC(COC)NC(=O)c1ccc(OCC(F)(F)C(F)F)nc1. The Hall–Kier alpha value is -1.90. The zero-order valence-electron chi connectivity index (χ0n) is 12.7. The van der Waals surface area contributed by atoms with Crippen LogP contribution in [0.4, 0.5) is 17.6 Å². The number of halogens is 4. The minimum Gasteiger partial charge on any atom is -0.471 e. The van der Waals surface area contributed by atoms with Gasteiger partial charge in [0.25, 0.3) is 5.91 Å². The van der Waals surface area contributed by atoms with Crippen molar-refractivity contribution < 1.29 is 31.8 Å². The maximum Gasteiger partial charge on any atom is 0.340 e. The number of carbonyl (C=O) groups is 1. The lowest BCUT2D eigenvalue weighted by Gasteiger charge is -2.16. The Morgan fingerprint density at radius 3 is 2.57 bits per heavy atom.